The minimum absolute atomic E-state index is 0.113. The molecule has 1 fully saturated rings. The zero-order valence-electron chi connectivity index (χ0n) is 14.0. The second-order valence-corrected chi connectivity index (χ2v) is 6.98. The van der Waals surface area contributed by atoms with E-state index in [9.17, 15) is 0 Å². The summed E-state index contributed by atoms with van der Waals surface area (Å²) in [7, 11) is 0. The van der Waals surface area contributed by atoms with E-state index < -0.39 is 0 Å². The lowest BCUT2D eigenvalue weighted by Gasteiger charge is -2.27. The molecular weight excluding hydrogens is 358 g/mol. The molecule has 0 saturated carbocycles. The molecule has 23 heavy (non-hydrogen) atoms. The Kier molecular flexibility index (Phi) is 5.34. The van der Waals surface area contributed by atoms with Crippen molar-refractivity contribution in [3.63, 3.8) is 0 Å². The lowest BCUT2D eigenvalue weighted by molar-refractivity contribution is -0.188. The summed E-state index contributed by atoms with van der Waals surface area (Å²) in [4.78, 5) is 9.08. The first kappa shape index (κ1) is 16.9. The van der Waals surface area contributed by atoms with E-state index in [0.717, 1.165) is 53.8 Å². The van der Waals surface area contributed by atoms with Gasteiger partial charge in [-0.15, -0.1) is 0 Å². The highest BCUT2D eigenvalue weighted by molar-refractivity contribution is 9.10. The standard InChI is InChI=1S/C17H24BrN3O2/c1-4-11(2)21-14-9-15(18)19-10-13(14)20-17(21)12(3)23-16-7-5-6-8-22-16/h9-12,16H,4-8H2,1-3H3/t11?,12-,16-/m1/s1. The Morgan fingerprint density at radius 3 is 2.96 bits per heavy atom. The summed E-state index contributed by atoms with van der Waals surface area (Å²) in [5, 5.41) is 0. The van der Waals surface area contributed by atoms with Gasteiger partial charge in [-0.1, -0.05) is 6.92 Å². The average molecular weight is 382 g/mol. The van der Waals surface area contributed by atoms with E-state index in [-0.39, 0.29) is 12.4 Å². The molecule has 0 aromatic carbocycles. The van der Waals surface area contributed by atoms with Crippen LogP contribution in [0.2, 0.25) is 0 Å². The van der Waals surface area contributed by atoms with Crippen LogP contribution in [0.5, 0.6) is 0 Å². The Bertz CT molecular complexity index is 667. The fourth-order valence-electron chi connectivity index (χ4n) is 3.03. The molecule has 3 heterocycles. The molecule has 6 heteroatoms. The molecule has 3 atom stereocenters. The second kappa shape index (κ2) is 7.28. The molecule has 0 radical (unpaired) electrons. The van der Waals surface area contributed by atoms with Crippen LogP contribution in [0, 0.1) is 0 Å². The summed E-state index contributed by atoms with van der Waals surface area (Å²) >= 11 is 3.46. The fraction of sp³-hybridized carbons (Fsp3) is 0.647. The van der Waals surface area contributed by atoms with E-state index in [0.29, 0.717) is 6.04 Å². The van der Waals surface area contributed by atoms with Gasteiger partial charge in [-0.05, 0) is 61.5 Å². The van der Waals surface area contributed by atoms with Gasteiger partial charge in [0.2, 0.25) is 0 Å². The quantitative estimate of drug-likeness (QED) is 0.699. The number of pyridine rings is 1. The molecule has 2 aromatic heterocycles. The Morgan fingerprint density at radius 1 is 1.43 bits per heavy atom. The van der Waals surface area contributed by atoms with Crippen molar-refractivity contribution in [1.29, 1.82) is 0 Å². The fourth-order valence-corrected chi connectivity index (χ4v) is 3.35. The van der Waals surface area contributed by atoms with Crippen LogP contribution in [-0.4, -0.2) is 27.4 Å². The SMILES string of the molecule is CCC(C)n1c([C@@H](C)O[C@@H]2CCCCO2)nc2cnc(Br)cc21. The molecule has 1 aliphatic rings. The maximum absolute atomic E-state index is 6.13. The van der Waals surface area contributed by atoms with Crippen molar-refractivity contribution in [3.8, 4) is 0 Å². The van der Waals surface area contributed by atoms with Crippen molar-refractivity contribution in [1.82, 2.24) is 14.5 Å². The summed E-state index contributed by atoms with van der Waals surface area (Å²) < 4.78 is 14.9. The third kappa shape index (κ3) is 3.59. The summed E-state index contributed by atoms with van der Waals surface area (Å²) in [5.74, 6) is 0.948. The summed E-state index contributed by atoms with van der Waals surface area (Å²) in [6, 6.07) is 2.38. The number of hydrogen-bond acceptors (Lipinski definition) is 4. The van der Waals surface area contributed by atoms with E-state index in [1.807, 2.05) is 12.3 Å². The zero-order chi connectivity index (χ0) is 16.4. The highest BCUT2D eigenvalue weighted by Gasteiger charge is 2.24. The van der Waals surface area contributed by atoms with Crippen molar-refractivity contribution in [2.45, 2.75) is 64.9 Å². The topological polar surface area (TPSA) is 49.2 Å². The first-order valence-electron chi connectivity index (χ1n) is 8.40. The number of nitrogens with zero attached hydrogens (tertiary/aromatic N) is 3. The second-order valence-electron chi connectivity index (χ2n) is 6.17. The predicted octanol–water partition coefficient (Wildman–Crippen LogP) is 4.77. The minimum atomic E-state index is -0.117. The van der Waals surface area contributed by atoms with Crippen LogP contribution in [0.25, 0.3) is 11.0 Å². The highest BCUT2D eigenvalue weighted by atomic mass is 79.9. The van der Waals surface area contributed by atoms with Crippen molar-refractivity contribution in [2.75, 3.05) is 6.61 Å². The molecule has 2 aromatic rings. The van der Waals surface area contributed by atoms with Gasteiger partial charge in [0, 0.05) is 12.6 Å². The smallest absolute Gasteiger partial charge is 0.158 e. The molecule has 3 rings (SSSR count). The lowest BCUT2D eigenvalue weighted by Crippen LogP contribution is -2.25. The van der Waals surface area contributed by atoms with Crippen LogP contribution >= 0.6 is 15.9 Å². The number of ether oxygens (including phenoxy) is 2. The minimum Gasteiger partial charge on any atom is -0.353 e. The maximum Gasteiger partial charge on any atom is 0.158 e. The van der Waals surface area contributed by atoms with Gasteiger partial charge in [0.25, 0.3) is 0 Å². The van der Waals surface area contributed by atoms with Crippen LogP contribution in [0.4, 0.5) is 0 Å². The summed E-state index contributed by atoms with van der Waals surface area (Å²) in [6.45, 7) is 7.24. The number of imidazole rings is 1. The molecule has 126 valence electrons. The van der Waals surface area contributed by atoms with Crippen LogP contribution in [-0.2, 0) is 9.47 Å². The number of halogens is 1. The highest BCUT2D eigenvalue weighted by Crippen LogP contribution is 2.30. The van der Waals surface area contributed by atoms with Crippen molar-refractivity contribution in [3.05, 3.63) is 22.7 Å². The molecule has 0 N–H and O–H groups in total. The summed E-state index contributed by atoms with van der Waals surface area (Å²) in [6.07, 6.45) is 5.86. The monoisotopic (exact) mass is 381 g/mol. The molecule has 1 saturated heterocycles. The first-order chi connectivity index (χ1) is 11.1. The third-order valence-corrected chi connectivity index (χ3v) is 4.89. The molecule has 0 bridgehead atoms. The Labute approximate surface area is 145 Å². The Hall–Kier alpha value is -0.980. The van der Waals surface area contributed by atoms with E-state index in [2.05, 4.69) is 46.3 Å². The van der Waals surface area contributed by atoms with Crippen LogP contribution < -0.4 is 0 Å². The van der Waals surface area contributed by atoms with Gasteiger partial charge >= 0.3 is 0 Å². The molecular formula is C17H24BrN3O2. The van der Waals surface area contributed by atoms with Crippen LogP contribution in [0.3, 0.4) is 0 Å². The normalized spacial score (nSPS) is 21.5. The molecule has 0 spiro atoms. The number of rotatable bonds is 5. The molecule has 1 unspecified atom stereocenters. The zero-order valence-corrected chi connectivity index (χ0v) is 15.5. The van der Waals surface area contributed by atoms with Gasteiger partial charge in [0.15, 0.2) is 6.29 Å². The van der Waals surface area contributed by atoms with Gasteiger partial charge in [0.1, 0.15) is 22.0 Å². The first-order valence-corrected chi connectivity index (χ1v) is 9.20. The van der Waals surface area contributed by atoms with Crippen molar-refractivity contribution in [2.24, 2.45) is 0 Å². The third-order valence-electron chi connectivity index (χ3n) is 4.46. The van der Waals surface area contributed by atoms with Gasteiger partial charge in [-0.3, -0.25) is 0 Å². The van der Waals surface area contributed by atoms with Gasteiger partial charge < -0.3 is 14.0 Å². The number of aromatic nitrogens is 3. The van der Waals surface area contributed by atoms with Gasteiger partial charge in [-0.2, -0.15) is 0 Å². The number of fused-ring (bicyclic) bond motifs is 1. The lowest BCUT2D eigenvalue weighted by atomic mass is 10.2. The molecule has 0 aliphatic carbocycles. The number of hydrogen-bond donors (Lipinski definition) is 0. The molecule has 1 aliphatic heterocycles. The van der Waals surface area contributed by atoms with Gasteiger partial charge in [-0.25, -0.2) is 9.97 Å². The average Bonchev–Trinajstić information content (AvgIpc) is 2.93. The van der Waals surface area contributed by atoms with E-state index in [4.69, 9.17) is 14.5 Å². The van der Waals surface area contributed by atoms with E-state index >= 15 is 0 Å². The molecule has 0 amide bonds. The predicted molar refractivity (Wildman–Crippen MR) is 93.3 cm³/mol. The Balaban J connectivity index is 1.94. The summed E-state index contributed by atoms with van der Waals surface area (Å²) in [5.41, 5.74) is 2.00. The van der Waals surface area contributed by atoms with Crippen LogP contribution in [0.1, 0.15) is 64.4 Å². The Morgan fingerprint density at radius 2 is 2.26 bits per heavy atom. The van der Waals surface area contributed by atoms with Gasteiger partial charge in [0.05, 0.1) is 11.7 Å². The van der Waals surface area contributed by atoms with E-state index in [1.54, 1.807) is 0 Å². The van der Waals surface area contributed by atoms with Crippen LogP contribution in [0.15, 0.2) is 16.9 Å². The largest absolute Gasteiger partial charge is 0.353 e. The molecule has 5 nitrogen and oxygen atoms in total. The maximum atomic E-state index is 6.13. The van der Waals surface area contributed by atoms with E-state index in [1.165, 1.54) is 0 Å². The van der Waals surface area contributed by atoms with Crippen molar-refractivity contribution < 1.29 is 9.47 Å². The van der Waals surface area contributed by atoms with Crippen molar-refractivity contribution >= 4 is 27.0 Å².